The summed E-state index contributed by atoms with van der Waals surface area (Å²) in [5, 5.41) is 8.92. The van der Waals surface area contributed by atoms with Gasteiger partial charge in [-0.1, -0.05) is 12.1 Å². The normalized spacial score (nSPS) is 11.2. The number of benzene rings is 2. The van der Waals surface area contributed by atoms with E-state index < -0.39 is 39.2 Å². The van der Waals surface area contributed by atoms with Crippen LogP contribution < -0.4 is 15.8 Å². The third-order valence-electron chi connectivity index (χ3n) is 4.18. The molecular weight excluding hydrogens is 520 g/mol. The van der Waals surface area contributed by atoms with E-state index in [1.807, 2.05) is 5.32 Å². The predicted octanol–water partition coefficient (Wildman–Crippen LogP) is 3.44. The van der Waals surface area contributed by atoms with Crippen molar-refractivity contribution in [1.29, 1.82) is 5.41 Å². The lowest BCUT2D eigenvalue weighted by Crippen LogP contribution is -2.35. The quantitative estimate of drug-likeness (QED) is 0.345. The first-order chi connectivity index (χ1) is 14.8. The lowest BCUT2D eigenvalue weighted by molar-refractivity contribution is -0.138. The van der Waals surface area contributed by atoms with Gasteiger partial charge >= 0.3 is 6.18 Å². The second kappa shape index (κ2) is 12.8. The minimum absolute atomic E-state index is 0. The molecule has 0 unspecified atom stereocenters. The van der Waals surface area contributed by atoms with Gasteiger partial charge in [-0.2, -0.15) is 13.2 Å². The first-order valence-corrected chi connectivity index (χ1v) is 11.1. The zero-order valence-electron chi connectivity index (χ0n) is 18.2. The van der Waals surface area contributed by atoms with Gasteiger partial charge in [0.15, 0.2) is 15.8 Å². The van der Waals surface area contributed by atoms with E-state index in [1.165, 1.54) is 24.3 Å². The molecule has 0 saturated carbocycles. The molecule has 0 aromatic heterocycles. The van der Waals surface area contributed by atoms with Crippen molar-refractivity contribution in [2.75, 3.05) is 26.4 Å². The first-order valence-electron chi connectivity index (χ1n) is 9.25. The van der Waals surface area contributed by atoms with Crippen molar-refractivity contribution in [2.24, 2.45) is 5.73 Å². The minimum Gasteiger partial charge on any atom is -0.457 e. The maximum absolute atomic E-state index is 13.5. The molecule has 0 atom stereocenters. The highest BCUT2D eigenvalue weighted by Crippen LogP contribution is 2.38. The largest absolute Gasteiger partial charge is 0.457 e. The number of hydrogen-bond acceptors (Lipinski definition) is 6. The maximum atomic E-state index is 13.5. The number of ether oxygens (including phenoxy) is 1. The summed E-state index contributed by atoms with van der Waals surface area (Å²) in [6.45, 7) is 0.379. The second-order valence-corrected chi connectivity index (χ2v) is 9.40. The third kappa shape index (κ3) is 9.75. The van der Waals surface area contributed by atoms with Crippen LogP contribution in [-0.4, -0.2) is 51.6 Å². The molecule has 0 aliphatic carbocycles. The molecule has 0 heterocycles. The molecule has 1 amide bonds. The number of sulfone groups is 1. The molecule has 8 nitrogen and oxygen atoms in total. The summed E-state index contributed by atoms with van der Waals surface area (Å²) in [6.07, 6.45) is -4.82. The number of carbonyl (C=O) groups is 1. The highest BCUT2D eigenvalue weighted by Gasteiger charge is 2.35. The van der Waals surface area contributed by atoms with Crippen molar-refractivity contribution >= 4 is 46.5 Å². The fourth-order valence-corrected chi connectivity index (χ4v) is 4.09. The number of nitrogens with two attached hydrogens (primary N) is 1. The number of guanidine groups is 1. The van der Waals surface area contributed by atoms with Crippen LogP contribution in [0.5, 0.6) is 11.5 Å². The fourth-order valence-electron chi connectivity index (χ4n) is 2.60. The standard InChI is InChI=1S/C20H23F3N4O4S.2ClH/c1-27(2)9-10-32(29,30)12-13-3-6-15(7-4-13)31-17-8-5-14(18(28)26-19(24)25)11-16(17)20(21,22)23;;/h3-8,11H,9-10,12H2,1-2H3,(H4,24,25,26,28);2*1H. The molecule has 14 heteroatoms. The number of alkyl halides is 3. The van der Waals surface area contributed by atoms with Crippen molar-refractivity contribution in [1.82, 2.24) is 10.2 Å². The lowest BCUT2D eigenvalue weighted by atomic mass is 10.1. The number of rotatable bonds is 8. The number of halogens is 5. The average molecular weight is 545 g/mol. The summed E-state index contributed by atoms with van der Waals surface area (Å²) in [7, 11) is 0.184. The Labute approximate surface area is 207 Å². The average Bonchev–Trinajstić information content (AvgIpc) is 2.67. The molecular formula is C20H25Cl2F3N4O4S. The Morgan fingerprint density at radius 2 is 1.71 bits per heavy atom. The molecule has 0 saturated heterocycles. The van der Waals surface area contributed by atoms with Crippen LogP contribution in [0.4, 0.5) is 13.2 Å². The Morgan fingerprint density at radius 3 is 2.21 bits per heavy atom. The van der Waals surface area contributed by atoms with Crippen LogP contribution in [0.1, 0.15) is 21.5 Å². The van der Waals surface area contributed by atoms with Gasteiger partial charge < -0.3 is 15.4 Å². The number of carbonyl (C=O) groups excluding carboxylic acids is 1. The third-order valence-corrected chi connectivity index (χ3v) is 5.76. The molecule has 0 radical (unpaired) electrons. The summed E-state index contributed by atoms with van der Waals surface area (Å²) in [5.74, 6) is -2.36. The molecule has 0 spiro atoms. The van der Waals surface area contributed by atoms with E-state index in [2.05, 4.69) is 0 Å². The lowest BCUT2D eigenvalue weighted by Gasteiger charge is -2.15. The fraction of sp³-hybridized carbons (Fsp3) is 0.300. The van der Waals surface area contributed by atoms with Crippen LogP contribution in [0, 0.1) is 5.41 Å². The molecule has 0 bridgehead atoms. The van der Waals surface area contributed by atoms with Crippen LogP contribution in [-0.2, 0) is 21.8 Å². The number of nitrogens with zero attached hydrogens (tertiary/aromatic N) is 1. The molecule has 0 fully saturated rings. The first kappa shape index (κ1) is 31.5. The summed E-state index contributed by atoms with van der Waals surface area (Å²) in [6, 6.07) is 8.35. The Balaban J connectivity index is 0.00000544. The van der Waals surface area contributed by atoms with Gasteiger partial charge in [-0.3, -0.25) is 15.5 Å². The molecule has 190 valence electrons. The zero-order chi connectivity index (χ0) is 24.1. The zero-order valence-corrected chi connectivity index (χ0v) is 20.6. The van der Waals surface area contributed by atoms with Gasteiger partial charge in [-0.15, -0.1) is 24.8 Å². The van der Waals surface area contributed by atoms with Crippen LogP contribution in [0.25, 0.3) is 0 Å². The van der Waals surface area contributed by atoms with E-state index in [1.54, 1.807) is 19.0 Å². The van der Waals surface area contributed by atoms with E-state index in [-0.39, 0.29) is 47.6 Å². The van der Waals surface area contributed by atoms with Crippen LogP contribution in [0.2, 0.25) is 0 Å². The second-order valence-electron chi connectivity index (χ2n) is 7.22. The maximum Gasteiger partial charge on any atom is 0.420 e. The van der Waals surface area contributed by atoms with Gasteiger partial charge in [-0.25, -0.2) is 8.42 Å². The van der Waals surface area contributed by atoms with Crippen molar-refractivity contribution in [3.63, 3.8) is 0 Å². The Morgan fingerprint density at radius 1 is 1.12 bits per heavy atom. The summed E-state index contributed by atoms with van der Waals surface area (Å²) in [4.78, 5) is 13.6. The SMILES string of the molecule is CN(C)CCS(=O)(=O)Cc1ccc(Oc2ccc(C(=O)NC(=N)N)cc2C(F)(F)F)cc1.Cl.Cl. The Hall–Kier alpha value is -2.54. The van der Waals surface area contributed by atoms with Crippen molar-refractivity contribution in [3.05, 3.63) is 59.2 Å². The summed E-state index contributed by atoms with van der Waals surface area (Å²) in [5.41, 5.74) is 3.97. The highest BCUT2D eigenvalue weighted by atomic mass is 35.5. The van der Waals surface area contributed by atoms with Gasteiger partial charge in [0.05, 0.1) is 17.1 Å². The molecule has 2 aromatic rings. The monoisotopic (exact) mass is 544 g/mol. The van der Waals surface area contributed by atoms with Crippen molar-refractivity contribution in [3.8, 4) is 11.5 Å². The van der Waals surface area contributed by atoms with Gasteiger partial charge in [0.25, 0.3) is 5.91 Å². The Kier molecular flexibility index (Phi) is 11.8. The highest BCUT2D eigenvalue weighted by molar-refractivity contribution is 7.90. The molecule has 2 rings (SSSR count). The van der Waals surface area contributed by atoms with Gasteiger partial charge in [0.2, 0.25) is 0 Å². The molecule has 2 aromatic carbocycles. The van der Waals surface area contributed by atoms with Gasteiger partial charge in [0.1, 0.15) is 11.5 Å². The summed E-state index contributed by atoms with van der Waals surface area (Å²) >= 11 is 0. The number of amides is 1. The molecule has 34 heavy (non-hydrogen) atoms. The van der Waals surface area contributed by atoms with Crippen LogP contribution >= 0.6 is 24.8 Å². The van der Waals surface area contributed by atoms with Crippen LogP contribution in [0.3, 0.4) is 0 Å². The minimum atomic E-state index is -4.82. The predicted molar refractivity (Wildman–Crippen MR) is 128 cm³/mol. The molecule has 4 N–H and O–H groups in total. The summed E-state index contributed by atoms with van der Waals surface area (Å²) < 4.78 is 70.1. The van der Waals surface area contributed by atoms with Crippen molar-refractivity contribution in [2.45, 2.75) is 11.9 Å². The van der Waals surface area contributed by atoms with Gasteiger partial charge in [0, 0.05) is 12.1 Å². The van der Waals surface area contributed by atoms with Gasteiger partial charge in [-0.05, 0) is 50.0 Å². The van der Waals surface area contributed by atoms with E-state index in [9.17, 15) is 26.4 Å². The van der Waals surface area contributed by atoms with Crippen molar-refractivity contribution < 1.29 is 31.1 Å². The molecule has 0 aliphatic heterocycles. The Bertz CT molecular complexity index is 1100. The van der Waals surface area contributed by atoms with E-state index in [0.717, 1.165) is 12.1 Å². The van der Waals surface area contributed by atoms with E-state index in [0.29, 0.717) is 18.2 Å². The van der Waals surface area contributed by atoms with E-state index in [4.69, 9.17) is 15.9 Å². The number of hydrogen-bond donors (Lipinski definition) is 3. The van der Waals surface area contributed by atoms with E-state index >= 15 is 0 Å². The number of nitrogens with one attached hydrogen (secondary N) is 2. The molecule has 0 aliphatic rings. The topological polar surface area (TPSA) is 126 Å². The smallest absolute Gasteiger partial charge is 0.420 e. The van der Waals surface area contributed by atoms with Crippen LogP contribution in [0.15, 0.2) is 42.5 Å².